The molecule has 0 saturated heterocycles. The highest BCUT2D eigenvalue weighted by Gasteiger charge is 2.40. The largest absolute Gasteiger partial charge is 0.477 e. The first-order valence-electron chi connectivity index (χ1n) is 12.0. The molecule has 2 saturated carbocycles. The maximum atomic E-state index is 10.9. The Balaban J connectivity index is 1.20. The normalized spacial score (nSPS) is 25.1. The molecular weight excluding hydrogens is 414 g/mol. The Bertz CT molecular complexity index is 921. The van der Waals surface area contributed by atoms with Crippen LogP contribution in [0.5, 0.6) is 0 Å². The van der Waals surface area contributed by atoms with Crippen molar-refractivity contribution in [3.8, 4) is 0 Å². The van der Waals surface area contributed by atoms with Crippen molar-refractivity contribution in [3.05, 3.63) is 71.1 Å². The van der Waals surface area contributed by atoms with Gasteiger partial charge in [-0.2, -0.15) is 0 Å². The molecule has 6 nitrogen and oxygen atoms in total. The molecule has 1 aromatic carbocycles. The molecule has 0 radical (unpaired) electrons. The average molecular weight is 450 g/mol. The maximum absolute atomic E-state index is 10.9. The van der Waals surface area contributed by atoms with Gasteiger partial charge in [0.1, 0.15) is 5.69 Å². The molecule has 0 amide bonds. The number of carboxylic acid groups (broad SMARTS) is 1. The Labute approximate surface area is 196 Å². The van der Waals surface area contributed by atoms with Gasteiger partial charge in [0, 0.05) is 44.6 Å². The number of carbonyl (C=O) groups is 1. The molecule has 0 aliphatic heterocycles. The Morgan fingerprint density at radius 1 is 1.12 bits per heavy atom. The molecule has 2 aliphatic carbocycles. The molecule has 2 atom stereocenters. The number of methoxy groups -OCH3 is 1. The molecular formula is C27H35N3O3. The van der Waals surface area contributed by atoms with Crippen LogP contribution >= 0.6 is 0 Å². The van der Waals surface area contributed by atoms with Gasteiger partial charge in [0.25, 0.3) is 0 Å². The molecule has 33 heavy (non-hydrogen) atoms. The highest BCUT2D eigenvalue weighted by Crippen LogP contribution is 2.41. The number of benzene rings is 1. The van der Waals surface area contributed by atoms with E-state index in [0.717, 1.165) is 38.0 Å². The molecule has 2 aromatic rings. The van der Waals surface area contributed by atoms with Crippen LogP contribution in [0, 0.1) is 5.92 Å². The summed E-state index contributed by atoms with van der Waals surface area (Å²) in [6.45, 7) is 1.50. The molecule has 2 aliphatic rings. The number of pyridine rings is 1. The molecule has 1 heterocycles. The van der Waals surface area contributed by atoms with E-state index in [-0.39, 0.29) is 5.69 Å². The summed E-state index contributed by atoms with van der Waals surface area (Å²) in [6, 6.07) is 15.7. The number of aromatic carboxylic acids is 1. The number of aromatic nitrogens is 1. The average Bonchev–Trinajstić information content (AvgIpc) is 3.61. The van der Waals surface area contributed by atoms with E-state index in [1.54, 1.807) is 19.4 Å². The number of hydrogen-bond donors (Lipinski definition) is 3. The summed E-state index contributed by atoms with van der Waals surface area (Å²) in [5, 5.41) is 16.5. The predicted molar refractivity (Wildman–Crippen MR) is 130 cm³/mol. The standard InChI is InChI=1S/C27H35N3O3/c1-33-14-13-21(15-19-5-3-2-4-6-19)24-16-26(24)30-23-10-8-22(9-11-23)28-17-20-7-12-25(27(31)32)29-18-20/h2-7,12,15,18,22-24,26,28,30H,8-11,13-14,16-17H2,1H3,(H,31,32)/t22-,23-,24-,26+/m0/s1. The van der Waals surface area contributed by atoms with Crippen LogP contribution in [0.15, 0.2) is 54.2 Å². The minimum absolute atomic E-state index is 0.0905. The van der Waals surface area contributed by atoms with Crippen molar-refractivity contribution >= 4 is 12.0 Å². The van der Waals surface area contributed by atoms with E-state index < -0.39 is 5.97 Å². The van der Waals surface area contributed by atoms with Crippen LogP contribution in [0.25, 0.3) is 6.08 Å². The van der Waals surface area contributed by atoms with E-state index in [1.807, 2.05) is 6.07 Å². The molecule has 4 rings (SSSR count). The molecule has 3 N–H and O–H groups in total. The molecule has 0 unspecified atom stereocenters. The van der Waals surface area contributed by atoms with E-state index in [9.17, 15) is 4.79 Å². The van der Waals surface area contributed by atoms with Crippen molar-refractivity contribution in [3.63, 3.8) is 0 Å². The number of carboxylic acids is 1. The molecule has 176 valence electrons. The van der Waals surface area contributed by atoms with E-state index in [2.05, 4.69) is 52.0 Å². The second-order valence-electron chi connectivity index (χ2n) is 9.27. The van der Waals surface area contributed by atoms with Gasteiger partial charge in [0.05, 0.1) is 0 Å². The van der Waals surface area contributed by atoms with E-state index in [0.29, 0.717) is 24.0 Å². The topological polar surface area (TPSA) is 83.5 Å². The molecule has 2 fully saturated rings. The molecule has 1 aromatic heterocycles. The lowest BCUT2D eigenvalue weighted by Crippen LogP contribution is -2.40. The lowest BCUT2D eigenvalue weighted by Gasteiger charge is -2.30. The van der Waals surface area contributed by atoms with Crippen LogP contribution < -0.4 is 10.6 Å². The Morgan fingerprint density at radius 3 is 2.55 bits per heavy atom. The minimum atomic E-state index is -0.986. The fourth-order valence-corrected chi connectivity index (χ4v) is 4.82. The van der Waals surface area contributed by atoms with Gasteiger partial charge in [-0.05, 0) is 61.6 Å². The van der Waals surface area contributed by atoms with Gasteiger partial charge in [0.2, 0.25) is 0 Å². The monoisotopic (exact) mass is 449 g/mol. The summed E-state index contributed by atoms with van der Waals surface area (Å²) in [7, 11) is 1.77. The summed E-state index contributed by atoms with van der Waals surface area (Å²) in [5.41, 5.74) is 3.88. The fourth-order valence-electron chi connectivity index (χ4n) is 4.82. The van der Waals surface area contributed by atoms with Crippen molar-refractivity contribution in [1.82, 2.24) is 15.6 Å². The van der Waals surface area contributed by atoms with Crippen LogP contribution in [0.1, 0.15) is 60.1 Å². The van der Waals surface area contributed by atoms with Crippen LogP contribution in [0.3, 0.4) is 0 Å². The SMILES string of the molecule is COCCC(=Cc1ccccc1)[C@@H]1C[C@H]1N[C@H]1CC[C@H](NCc2ccc(C(=O)O)nc2)CC1. The van der Waals surface area contributed by atoms with E-state index >= 15 is 0 Å². The second kappa shape index (κ2) is 11.5. The van der Waals surface area contributed by atoms with E-state index in [4.69, 9.17) is 9.84 Å². The van der Waals surface area contributed by atoms with Crippen molar-refractivity contribution in [1.29, 1.82) is 0 Å². The van der Waals surface area contributed by atoms with Gasteiger partial charge in [-0.15, -0.1) is 0 Å². The van der Waals surface area contributed by atoms with E-state index in [1.165, 1.54) is 30.4 Å². The number of ether oxygens (including phenoxy) is 1. The minimum Gasteiger partial charge on any atom is -0.477 e. The number of hydrogen-bond acceptors (Lipinski definition) is 5. The van der Waals surface area contributed by atoms with Crippen molar-refractivity contribution in [2.45, 2.75) is 63.2 Å². The van der Waals surface area contributed by atoms with Crippen LogP contribution in [-0.2, 0) is 11.3 Å². The number of nitrogens with one attached hydrogen (secondary N) is 2. The second-order valence-corrected chi connectivity index (χ2v) is 9.27. The van der Waals surface area contributed by atoms with Gasteiger partial charge < -0.3 is 20.5 Å². The van der Waals surface area contributed by atoms with Crippen molar-refractivity contribution in [2.75, 3.05) is 13.7 Å². The van der Waals surface area contributed by atoms with Crippen LogP contribution in [-0.4, -0.2) is 47.9 Å². The predicted octanol–water partition coefficient (Wildman–Crippen LogP) is 4.28. The van der Waals surface area contributed by atoms with Gasteiger partial charge in [0.15, 0.2) is 0 Å². The number of rotatable bonds is 11. The Kier molecular flexibility index (Phi) is 8.26. The molecule has 6 heteroatoms. The Morgan fingerprint density at radius 2 is 1.88 bits per heavy atom. The maximum Gasteiger partial charge on any atom is 0.354 e. The lowest BCUT2D eigenvalue weighted by atomic mass is 9.91. The summed E-state index contributed by atoms with van der Waals surface area (Å²) in [5.74, 6) is -0.364. The highest BCUT2D eigenvalue weighted by molar-refractivity contribution is 5.85. The van der Waals surface area contributed by atoms with Crippen LogP contribution in [0.4, 0.5) is 0 Å². The highest BCUT2D eigenvalue weighted by atomic mass is 16.5. The Hall–Kier alpha value is -2.54. The zero-order valence-corrected chi connectivity index (χ0v) is 19.4. The first kappa shape index (κ1) is 23.6. The first-order valence-corrected chi connectivity index (χ1v) is 12.0. The zero-order chi connectivity index (χ0) is 23.0. The fraction of sp³-hybridized carbons (Fsp3) is 0.481. The van der Waals surface area contributed by atoms with Crippen molar-refractivity contribution < 1.29 is 14.6 Å². The van der Waals surface area contributed by atoms with Gasteiger partial charge in [-0.1, -0.05) is 48.0 Å². The summed E-state index contributed by atoms with van der Waals surface area (Å²) < 4.78 is 5.36. The van der Waals surface area contributed by atoms with Crippen LogP contribution in [0.2, 0.25) is 0 Å². The quantitative estimate of drug-likeness (QED) is 0.475. The third-order valence-electron chi connectivity index (χ3n) is 6.83. The summed E-state index contributed by atoms with van der Waals surface area (Å²) >= 11 is 0. The first-order chi connectivity index (χ1) is 16.1. The third kappa shape index (κ3) is 6.97. The lowest BCUT2D eigenvalue weighted by molar-refractivity contribution is 0.0690. The molecule has 0 bridgehead atoms. The van der Waals surface area contributed by atoms with Gasteiger partial charge in [-0.3, -0.25) is 0 Å². The van der Waals surface area contributed by atoms with Gasteiger partial charge in [-0.25, -0.2) is 9.78 Å². The molecule has 0 spiro atoms. The summed E-state index contributed by atoms with van der Waals surface area (Å²) in [4.78, 5) is 14.9. The third-order valence-corrected chi connectivity index (χ3v) is 6.83. The van der Waals surface area contributed by atoms with Crippen molar-refractivity contribution in [2.24, 2.45) is 5.92 Å². The van der Waals surface area contributed by atoms with Gasteiger partial charge >= 0.3 is 5.97 Å². The zero-order valence-electron chi connectivity index (χ0n) is 19.4. The number of nitrogens with zero attached hydrogens (tertiary/aromatic N) is 1. The smallest absolute Gasteiger partial charge is 0.354 e. The summed E-state index contributed by atoms with van der Waals surface area (Å²) in [6.07, 6.45) is 10.9.